The molecule has 0 aliphatic rings. The maximum absolute atomic E-state index is 11.1. The van der Waals surface area contributed by atoms with E-state index in [0.29, 0.717) is 18.7 Å². The molecule has 1 unspecified atom stereocenters. The Morgan fingerprint density at radius 3 is 3.00 bits per heavy atom. The second kappa shape index (κ2) is 6.24. The maximum Gasteiger partial charge on any atom is 0.325 e. The lowest BCUT2D eigenvalue weighted by atomic mass is 10.1. The van der Waals surface area contributed by atoms with Crippen LogP contribution in [0, 0.1) is 0 Å². The lowest BCUT2D eigenvalue weighted by molar-refractivity contribution is -0.139. The smallest absolute Gasteiger partial charge is 0.325 e. The second-order valence-corrected chi connectivity index (χ2v) is 3.35. The predicted molar refractivity (Wildman–Crippen MR) is 58.2 cm³/mol. The zero-order valence-electron chi connectivity index (χ0n) is 9.51. The van der Waals surface area contributed by atoms with Crippen molar-refractivity contribution in [3.05, 3.63) is 18.0 Å². The Hall–Kier alpha value is -1.40. The van der Waals surface area contributed by atoms with Crippen molar-refractivity contribution in [3.63, 3.8) is 0 Å². The summed E-state index contributed by atoms with van der Waals surface area (Å²) < 4.78 is 6.56. The zero-order valence-corrected chi connectivity index (χ0v) is 9.51. The monoisotopic (exact) mass is 227 g/mol. The van der Waals surface area contributed by atoms with Crippen molar-refractivity contribution in [1.29, 1.82) is 0 Å². The number of rotatable bonds is 7. The number of carbonyl (C=O) groups is 1. The SMILES string of the molecule is CCn1cc(C(NCCOC)C(=O)O)cn1. The standard InChI is InChI=1S/C10H17N3O3/c1-3-13-7-8(6-12-13)9(10(14)15)11-4-5-16-2/h6-7,9,11H,3-5H2,1-2H3,(H,14,15). The van der Waals surface area contributed by atoms with Gasteiger partial charge in [0.2, 0.25) is 0 Å². The van der Waals surface area contributed by atoms with Crippen LogP contribution in [0.15, 0.2) is 12.4 Å². The molecule has 0 spiro atoms. The summed E-state index contributed by atoms with van der Waals surface area (Å²) in [5.74, 6) is -0.910. The van der Waals surface area contributed by atoms with Crippen LogP contribution in [0.25, 0.3) is 0 Å². The lowest BCUT2D eigenvalue weighted by Crippen LogP contribution is -2.30. The van der Waals surface area contributed by atoms with Gasteiger partial charge >= 0.3 is 5.97 Å². The number of nitrogens with zero attached hydrogens (tertiary/aromatic N) is 2. The van der Waals surface area contributed by atoms with E-state index in [9.17, 15) is 4.79 Å². The summed E-state index contributed by atoms with van der Waals surface area (Å²) in [4.78, 5) is 11.1. The van der Waals surface area contributed by atoms with Gasteiger partial charge in [-0.05, 0) is 6.92 Å². The Bertz CT molecular complexity index is 338. The largest absolute Gasteiger partial charge is 0.480 e. The van der Waals surface area contributed by atoms with Crippen LogP contribution in [0.3, 0.4) is 0 Å². The van der Waals surface area contributed by atoms with Crippen molar-refractivity contribution < 1.29 is 14.6 Å². The van der Waals surface area contributed by atoms with E-state index in [1.54, 1.807) is 24.2 Å². The minimum Gasteiger partial charge on any atom is -0.480 e. The van der Waals surface area contributed by atoms with Gasteiger partial charge in [-0.1, -0.05) is 0 Å². The van der Waals surface area contributed by atoms with Gasteiger partial charge in [0.15, 0.2) is 0 Å². The number of aryl methyl sites for hydroxylation is 1. The number of carboxylic acid groups (broad SMARTS) is 1. The zero-order chi connectivity index (χ0) is 12.0. The maximum atomic E-state index is 11.1. The lowest BCUT2D eigenvalue weighted by Gasteiger charge is -2.11. The van der Waals surface area contributed by atoms with E-state index in [-0.39, 0.29) is 0 Å². The van der Waals surface area contributed by atoms with E-state index in [1.165, 1.54) is 0 Å². The Morgan fingerprint density at radius 2 is 2.50 bits per heavy atom. The predicted octanol–water partition coefficient (Wildman–Crippen LogP) is 0.265. The van der Waals surface area contributed by atoms with Crippen LogP contribution in [0.2, 0.25) is 0 Å². The van der Waals surface area contributed by atoms with E-state index in [1.807, 2.05) is 6.92 Å². The molecule has 1 aromatic rings. The van der Waals surface area contributed by atoms with Crippen LogP contribution in [0.4, 0.5) is 0 Å². The summed E-state index contributed by atoms with van der Waals surface area (Å²) in [6.45, 7) is 3.64. The molecule has 6 nitrogen and oxygen atoms in total. The number of aromatic nitrogens is 2. The molecule has 0 aromatic carbocycles. The van der Waals surface area contributed by atoms with Gasteiger partial charge in [-0.3, -0.25) is 14.8 Å². The summed E-state index contributed by atoms with van der Waals surface area (Å²) in [5, 5.41) is 16.0. The minimum absolute atomic E-state index is 0.478. The minimum atomic E-state index is -0.910. The number of carboxylic acids is 1. The quantitative estimate of drug-likeness (QED) is 0.654. The Labute approximate surface area is 94.2 Å². The van der Waals surface area contributed by atoms with Crippen LogP contribution in [0.1, 0.15) is 18.5 Å². The Balaban J connectivity index is 2.65. The molecular formula is C10H17N3O3. The van der Waals surface area contributed by atoms with E-state index in [0.717, 1.165) is 6.54 Å². The van der Waals surface area contributed by atoms with Crippen molar-refractivity contribution >= 4 is 5.97 Å². The molecule has 2 N–H and O–H groups in total. The molecule has 1 atom stereocenters. The molecule has 0 bridgehead atoms. The molecule has 0 amide bonds. The Morgan fingerprint density at radius 1 is 1.75 bits per heavy atom. The average molecular weight is 227 g/mol. The third-order valence-corrected chi connectivity index (χ3v) is 2.21. The molecule has 1 aromatic heterocycles. The number of hydrogen-bond donors (Lipinski definition) is 2. The highest BCUT2D eigenvalue weighted by Crippen LogP contribution is 2.11. The first-order valence-corrected chi connectivity index (χ1v) is 5.16. The third kappa shape index (κ3) is 3.32. The van der Waals surface area contributed by atoms with Crippen LogP contribution in [-0.4, -0.2) is 41.1 Å². The topological polar surface area (TPSA) is 76.4 Å². The van der Waals surface area contributed by atoms with Crippen LogP contribution in [-0.2, 0) is 16.1 Å². The fourth-order valence-corrected chi connectivity index (χ4v) is 1.35. The van der Waals surface area contributed by atoms with Gasteiger partial charge < -0.3 is 9.84 Å². The number of aliphatic carboxylic acids is 1. The number of methoxy groups -OCH3 is 1. The normalized spacial score (nSPS) is 12.6. The molecule has 16 heavy (non-hydrogen) atoms. The molecule has 0 aliphatic carbocycles. The molecule has 90 valence electrons. The number of ether oxygens (including phenoxy) is 1. The van der Waals surface area contributed by atoms with Gasteiger partial charge in [0.05, 0.1) is 12.8 Å². The first-order valence-electron chi connectivity index (χ1n) is 5.16. The highest BCUT2D eigenvalue weighted by atomic mass is 16.5. The van der Waals surface area contributed by atoms with Gasteiger partial charge in [0, 0.05) is 32.0 Å². The molecule has 1 heterocycles. The van der Waals surface area contributed by atoms with Crippen molar-refractivity contribution in [3.8, 4) is 0 Å². The van der Waals surface area contributed by atoms with Gasteiger partial charge in [0.25, 0.3) is 0 Å². The van der Waals surface area contributed by atoms with Crippen molar-refractivity contribution in [2.75, 3.05) is 20.3 Å². The van der Waals surface area contributed by atoms with Crippen LogP contribution in [0.5, 0.6) is 0 Å². The number of nitrogens with one attached hydrogen (secondary N) is 1. The van der Waals surface area contributed by atoms with Gasteiger partial charge in [-0.15, -0.1) is 0 Å². The highest BCUT2D eigenvalue weighted by molar-refractivity contribution is 5.75. The van der Waals surface area contributed by atoms with Gasteiger partial charge in [-0.2, -0.15) is 5.10 Å². The van der Waals surface area contributed by atoms with Gasteiger partial charge in [-0.25, -0.2) is 0 Å². The summed E-state index contributed by atoms with van der Waals surface area (Å²) >= 11 is 0. The van der Waals surface area contributed by atoms with E-state index in [4.69, 9.17) is 9.84 Å². The first-order chi connectivity index (χ1) is 7.69. The van der Waals surface area contributed by atoms with Crippen molar-refractivity contribution in [2.45, 2.75) is 19.5 Å². The van der Waals surface area contributed by atoms with E-state index in [2.05, 4.69) is 10.4 Å². The molecule has 0 aliphatic heterocycles. The molecule has 0 saturated carbocycles. The third-order valence-electron chi connectivity index (χ3n) is 2.21. The van der Waals surface area contributed by atoms with E-state index < -0.39 is 12.0 Å². The fraction of sp³-hybridized carbons (Fsp3) is 0.600. The van der Waals surface area contributed by atoms with Crippen LogP contribution >= 0.6 is 0 Å². The summed E-state index contributed by atoms with van der Waals surface area (Å²) in [6.07, 6.45) is 3.31. The number of hydrogen-bond acceptors (Lipinski definition) is 4. The van der Waals surface area contributed by atoms with Crippen molar-refractivity contribution in [1.82, 2.24) is 15.1 Å². The molecule has 0 saturated heterocycles. The first kappa shape index (κ1) is 12.7. The average Bonchev–Trinajstić information content (AvgIpc) is 2.72. The molecule has 6 heteroatoms. The summed E-state index contributed by atoms with van der Waals surface area (Å²) in [5.41, 5.74) is 0.658. The summed E-state index contributed by atoms with van der Waals surface area (Å²) in [6, 6.07) is -0.726. The second-order valence-electron chi connectivity index (χ2n) is 3.35. The fourth-order valence-electron chi connectivity index (χ4n) is 1.35. The summed E-state index contributed by atoms with van der Waals surface area (Å²) in [7, 11) is 1.58. The van der Waals surface area contributed by atoms with E-state index >= 15 is 0 Å². The molecule has 0 fully saturated rings. The van der Waals surface area contributed by atoms with Crippen molar-refractivity contribution in [2.24, 2.45) is 0 Å². The molecular weight excluding hydrogens is 210 g/mol. The van der Waals surface area contributed by atoms with Crippen LogP contribution < -0.4 is 5.32 Å². The highest BCUT2D eigenvalue weighted by Gasteiger charge is 2.20. The van der Waals surface area contributed by atoms with Gasteiger partial charge in [0.1, 0.15) is 6.04 Å². The molecule has 0 radical (unpaired) electrons. The molecule has 1 rings (SSSR count). The Kier molecular flexibility index (Phi) is 4.94.